The van der Waals surface area contributed by atoms with E-state index in [0.29, 0.717) is 10.6 Å². The number of carbonyl (C=O) groups is 1. The van der Waals surface area contributed by atoms with E-state index in [-0.39, 0.29) is 6.61 Å². The van der Waals surface area contributed by atoms with Crippen molar-refractivity contribution in [3.05, 3.63) is 34.6 Å². The van der Waals surface area contributed by atoms with Crippen LogP contribution in [0.5, 0.6) is 0 Å². The second-order valence-electron chi connectivity index (χ2n) is 3.03. The maximum atomic E-state index is 12.8. The van der Waals surface area contributed by atoms with Gasteiger partial charge in [0.25, 0.3) is 0 Å². The van der Waals surface area contributed by atoms with Crippen molar-refractivity contribution < 1.29 is 19.0 Å². The quantitative estimate of drug-likeness (QED) is 0.868. The van der Waals surface area contributed by atoms with Crippen molar-refractivity contribution in [1.29, 1.82) is 0 Å². The third-order valence-corrected chi connectivity index (χ3v) is 2.21. The van der Waals surface area contributed by atoms with Crippen molar-refractivity contribution in [3.8, 4) is 0 Å². The van der Waals surface area contributed by atoms with Gasteiger partial charge in [0.1, 0.15) is 5.82 Å². The largest absolute Gasteiger partial charge is 0.479 e. The molecule has 0 bridgehead atoms. The van der Waals surface area contributed by atoms with Crippen LogP contribution in [0.3, 0.4) is 0 Å². The minimum absolute atomic E-state index is 0.0237. The lowest BCUT2D eigenvalue weighted by Gasteiger charge is -2.09. The summed E-state index contributed by atoms with van der Waals surface area (Å²) >= 11 is 5.77. The zero-order valence-corrected chi connectivity index (χ0v) is 8.79. The Kier molecular flexibility index (Phi) is 4.05. The van der Waals surface area contributed by atoms with Crippen molar-refractivity contribution in [2.45, 2.75) is 19.6 Å². The summed E-state index contributed by atoms with van der Waals surface area (Å²) < 4.78 is 17.8. The van der Waals surface area contributed by atoms with E-state index in [4.69, 9.17) is 21.4 Å². The van der Waals surface area contributed by atoms with Crippen LogP contribution >= 0.6 is 11.6 Å². The van der Waals surface area contributed by atoms with E-state index in [1.807, 2.05) is 0 Å². The van der Waals surface area contributed by atoms with Crippen LogP contribution in [-0.4, -0.2) is 17.2 Å². The fourth-order valence-electron chi connectivity index (χ4n) is 0.940. The molecule has 0 fully saturated rings. The summed E-state index contributed by atoms with van der Waals surface area (Å²) in [7, 11) is 0. The number of rotatable bonds is 4. The normalized spacial score (nSPS) is 12.5. The number of ether oxygens (including phenoxy) is 1. The topological polar surface area (TPSA) is 46.5 Å². The molecule has 0 saturated heterocycles. The molecule has 0 aromatic heterocycles. The number of benzene rings is 1. The fourth-order valence-corrected chi connectivity index (χ4v) is 1.11. The Morgan fingerprint density at radius 1 is 1.67 bits per heavy atom. The van der Waals surface area contributed by atoms with Gasteiger partial charge in [-0.1, -0.05) is 11.6 Å². The zero-order valence-electron chi connectivity index (χ0n) is 8.04. The Bertz CT molecular complexity index is 368. The molecular formula is C10H10ClFO3. The van der Waals surface area contributed by atoms with Crippen LogP contribution in [0.25, 0.3) is 0 Å². The van der Waals surface area contributed by atoms with Crippen molar-refractivity contribution in [2.24, 2.45) is 0 Å². The molecule has 5 heteroatoms. The lowest BCUT2D eigenvalue weighted by atomic mass is 10.2. The molecule has 1 aromatic rings. The van der Waals surface area contributed by atoms with Gasteiger partial charge in [-0.3, -0.25) is 0 Å². The van der Waals surface area contributed by atoms with Gasteiger partial charge >= 0.3 is 5.97 Å². The minimum Gasteiger partial charge on any atom is -0.479 e. The second-order valence-corrected chi connectivity index (χ2v) is 3.43. The lowest BCUT2D eigenvalue weighted by molar-refractivity contribution is -0.149. The highest BCUT2D eigenvalue weighted by molar-refractivity contribution is 6.31. The number of halogens is 2. The van der Waals surface area contributed by atoms with Gasteiger partial charge in [0, 0.05) is 5.02 Å². The van der Waals surface area contributed by atoms with Gasteiger partial charge in [-0.25, -0.2) is 9.18 Å². The first-order valence-electron chi connectivity index (χ1n) is 4.29. The van der Waals surface area contributed by atoms with Gasteiger partial charge in [0.2, 0.25) is 0 Å². The van der Waals surface area contributed by atoms with Crippen LogP contribution in [0.1, 0.15) is 12.5 Å². The molecule has 0 unspecified atom stereocenters. The van der Waals surface area contributed by atoms with E-state index in [9.17, 15) is 9.18 Å². The highest BCUT2D eigenvalue weighted by Gasteiger charge is 2.12. The van der Waals surface area contributed by atoms with Crippen LogP contribution < -0.4 is 0 Å². The second kappa shape index (κ2) is 5.09. The third-order valence-electron chi connectivity index (χ3n) is 1.84. The number of carboxylic acids is 1. The SMILES string of the molecule is C[C@@H](OCc1cc(F)ccc1Cl)C(=O)O. The molecule has 0 heterocycles. The molecule has 0 amide bonds. The monoisotopic (exact) mass is 232 g/mol. The number of carboxylic acid groups (broad SMARTS) is 1. The number of hydrogen-bond donors (Lipinski definition) is 1. The summed E-state index contributed by atoms with van der Waals surface area (Å²) in [6, 6.07) is 3.85. The summed E-state index contributed by atoms with van der Waals surface area (Å²) in [5.41, 5.74) is 0.435. The van der Waals surface area contributed by atoms with Gasteiger partial charge in [-0.2, -0.15) is 0 Å². The Labute approximate surface area is 91.4 Å². The van der Waals surface area contributed by atoms with Gasteiger partial charge < -0.3 is 9.84 Å². The Hall–Kier alpha value is -1.13. The molecule has 0 spiro atoms. The number of aliphatic carboxylic acids is 1. The molecule has 1 aromatic carbocycles. The molecule has 0 saturated carbocycles. The van der Waals surface area contributed by atoms with Crippen LogP contribution in [0.4, 0.5) is 4.39 Å². The van der Waals surface area contributed by atoms with Crippen molar-refractivity contribution >= 4 is 17.6 Å². The molecule has 0 radical (unpaired) electrons. The van der Waals surface area contributed by atoms with Crippen molar-refractivity contribution in [2.75, 3.05) is 0 Å². The first-order valence-corrected chi connectivity index (χ1v) is 4.67. The number of hydrogen-bond acceptors (Lipinski definition) is 2. The van der Waals surface area contributed by atoms with E-state index in [1.165, 1.54) is 25.1 Å². The van der Waals surface area contributed by atoms with Crippen molar-refractivity contribution in [3.63, 3.8) is 0 Å². The van der Waals surface area contributed by atoms with Crippen LogP contribution in [0.15, 0.2) is 18.2 Å². The van der Waals surface area contributed by atoms with E-state index in [0.717, 1.165) is 0 Å². The molecule has 1 rings (SSSR count). The third kappa shape index (κ3) is 3.49. The van der Waals surface area contributed by atoms with Crippen molar-refractivity contribution in [1.82, 2.24) is 0 Å². The maximum Gasteiger partial charge on any atom is 0.332 e. The molecule has 0 aliphatic carbocycles. The molecule has 0 aliphatic heterocycles. The van der Waals surface area contributed by atoms with Gasteiger partial charge in [-0.15, -0.1) is 0 Å². The van der Waals surface area contributed by atoms with Gasteiger partial charge in [0.05, 0.1) is 6.61 Å². The smallest absolute Gasteiger partial charge is 0.332 e. The first-order chi connectivity index (χ1) is 7.00. The molecule has 0 aliphatic rings. The summed E-state index contributed by atoms with van der Waals surface area (Å²) in [6.45, 7) is 1.37. The minimum atomic E-state index is -1.07. The van der Waals surface area contributed by atoms with Gasteiger partial charge in [0.15, 0.2) is 6.10 Å². The predicted octanol–water partition coefficient (Wildman–Crippen LogP) is 2.47. The first kappa shape index (κ1) is 11.9. The summed E-state index contributed by atoms with van der Waals surface area (Å²) in [4.78, 5) is 10.4. The molecular weight excluding hydrogens is 223 g/mol. The molecule has 15 heavy (non-hydrogen) atoms. The Morgan fingerprint density at radius 3 is 2.93 bits per heavy atom. The lowest BCUT2D eigenvalue weighted by Crippen LogP contribution is -2.19. The van der Waals surface area contributed by atoms with E-state index in [2.05, 4.69) is 0 Å². The summed E-state index contributed by atoms with van der Waals surface area (Å²) in [5, 5.41) is 8.91. The van der Waals surface area contributed by atoms with E-state index in [1.54, 1.807) is 0 Å². The van der Waals surface area contributed by atoms with E-state index < -0.39 is 17.9 Å². The summed E-state index contributed by atoms with van der Waals surface area (Å²) in [5.74, 6) is -1.50. The van der Waals surface area contributed by atoms with Crippen LogP contribution in [0.2, 0.25) is 5.02 Å². The molecule has 1 N–H and O–H groups in total. The zero-order chi connectivity index (χ0) is 11.4. The van der Waals surface area contributed by atoms with Gasteiger partial charge in [-0.05, 0) is 30.7 Å². The maximum absolute atomic E-state index is 12.8. The Balaban J connectivity index is 2.65. The van der Waals surface area contributed by atoms with Crippen LogP contribution in [0, 0.1) is 5.82 Å². The summed E-state index contributed by atoms with van der Waals surface area (Å²) in [6.07, 6.45) is -0.940. The molecule has 3 nitrogen and oxygen atoms in total. The standard InChI is InChI=1S/C10H10ClFO3/c1-6(10(13)14)15-5-7-4-8(12)2-3-9(7)11/h2-4,6H,5H2,1H3,(H,13,14)/t6-/m1/s1. The van der Waals surface area contributed by atoms with E-state index >= 15 is 0 Å². The predicted molar refractivity (Wildman–Crippen MR) is 53.3 cm³/mol. The molecule has 82 valence electrons. The average molecular weight is 233 g/mol. The average Bonchev–Trinajstić information content (AvgIpc) is 2.18. The molecule has 1 atom stereocenters. The highest BCUT2D eigenvalue weighted by Crippen LogP contribution is 2.18. The van der Waals surface area contributed by atoms with Crippen LogP contribution in [-0.2, 0) is 16.1 Å². The highest BCUT2D eigenvalue weighted by atomic mass is 35.5. The Morgan fingerprint density at radius 2 is 2.33 bits per heavy atom. The fraction of sp³-hybridized carbons (Fsp3) is 0.300.